The van der Waals surface area contributed by atoms with Crippen molar-refractivity contribution < 1.29 is 18.3 Å². The first-order chi connectivity index (χ1) is 7.44. The van der Waals surface area contributed by atoms with E-state index in [4.69, 9.17) is 5.11 Å². The summed E-state index contributed by atoms with van der Waals surface area (Å²) in [5.74, 6) is -2.24. The standard InChI is InChI=1S/C9H13NO4S2/c1-2-7-3-4-15-8(7)5-10-16(13,14)6-9(11)12/h3-4,10H,2,5-6H2,1H3,(H,11,12). The van der Waals surface area contributed by atoms with Crippen LogP contribution in [0.5, 0.6) is 0 Å². The Morgan fingerprint density at radius 1 is 1.56 bits per heavy atom. The second kappa shape index (κ2) is 5.42. The maximum absolute atomic E-state index is 11.2. The topological polar surface area (TPSA) is 83.5 Å². The number of aryl methyl sites for hydroxylation is 1. The second-order valence-electron chi connectivity index (χ2n) is 3.20. The van der Waals surface area contributed by atoms with Crippen LogP contribution in [-0.2, 0) is 27.8 Å². The van der Waals surface area contributed by atoms with Crippen LogP contribution in [0.15, 0.2) is 11.4 Å². The molecule has 1 aromatic heterocycles. The molecular formula is C9H13NO4S2. The Bertz CT molecular complexity index is 464. The van der Waals surface area contributed by atoms with Crippen molar-refractivity contribution in [3.8, 4) is 0 Å². The maximum Gasteiger partial charge on any atom is 0.320 e. The molecule has 2 N–H and O–H groups in total. The van der Waals surface area contributed by atoms with Gasteiger partial charge >= 0.3 is 5.97 Å². The largest absolute Gasteiger partial charge is 0.480 e. The van der Waals surface area contributed by atoms with Gasteiger partial charge in [0.2, 0.25) is 10.0 Å². The molecular weight excluding hydrogens is 250 g/mol. The van der Waals surface area contributed by atoms with E-state index < -0.39 is 21.7 Å². The zero-order valence-electron chi connectivity index (χ0n) is 8.76. The van der Waals surface area contributed by atoms with Crippen LogP contribution < -0.4 is 4.72 Å². The van der Waals surface area contributed by atoms with Gasteiger partial charge in [0.1, 0.15) is 0 Å². The van der Waals surface area contributed by atoms with Crippen LogP contribution in [0.2, 0.25) is 0 Å². The number of carboxylic acid groups (broad SMARTS) is 1. The second-order valence-corrected chi connectivity index (χ2v) is 6.00. The molecule has 0 aliphatic rings. The van der Waals surface area contributed by atoms with Crippen molar-refractivity contribution in [3.05, 3.63) is 21.9 Å². The van der Waals surface area contributed by atoms with Crippen LogP contribution in [0, 0.1) is 0 Å². The summed E-state index contributed by atoms with van der Waals surface area (Å²) in [7, 11) is -3.72. The third-order valence-electron chi connectivity index (χ3n) is 1.98. The van der Waals surface area contributed by atoms with Gasteiger partial charge in [-0.05, 0) is 23.4 Å². The van der Waals surface area contributed by atoms with E-state index >= 15 is 0 Å². The summed E-state index contributed by atoms with van der Waals surface area (Å²) in [5, 5.41) is 10.3. The molecule has 0 fully saturated rings. The number of thiophene rings is 1. The summed E-state index contributed by atoms with van der Waals surface area (Å²) in [6.07, 6.45) is 0.833. The van der Waals surface area contributed by atoms with Crippen molar-refractivity contribution in [2.45, 2.75) is 19.9 Å². The van der Waals surface area contributed by atoms with Crippen molar-refractivity contribution in [1.82, 2.24) is 4.72 Å². The monoisotopic (exact) mass is 263 g/mol. The smallest absolute Gasteiger partial charge is 0.320 e. The van der Waals surface area contributed by atoms with Crippen LogP contribution in [0.1, 0.15) is 17.4 Å². The van der Waals surface area contributed by atoms with E-state index in [1.165, 1.54) is 11.3 Å². The lowest BCUT2D eigenvalue weighted by molar-refractivity contribution is -0.134. The lowest BCUT2D eigenvalue weighted by atomic mass is 10.2. The molecule has 0 radical (unpaired) electrons. The summed E-state index contributed by atoms with van der Waals surface area (Å²) in [5.41, 5.74) is 1.09. The molecule has 0 saturated heterocycles. The summed E-state index contributed by atoms with van der Waals surface area (Å²) < 4.78 is 24.8. The Hall–Kier alpha value is -0.920. The minimum atomic E-state index is -3.72. The Labute approximate surface area is 98.2 Å². The first-order valence-corrected chi connectivity index (χ1v) is 7.22. The average Bonchev–Trinajstić information content (AvgIpc) is 2.59. The predicted molar refractivity (Wildman–Crippen MR) is 62.0 cm³/mol. The molecule has 0 aliphatic carbocycles. The average molecular weight is 263 g/mol. The fraction of sp³-hybridized carbons (Fsp3) is 0.444. The van der Waals surface area contributed by atoms with Crippen LogP contribution in [0.25, 0.3) is 0 Å². The molecule has 0 aromatic carbocycles. The summed E-state index contributed by atoms with van der Waals surface area (Å²) in [6, 6.07) is 1.94. The molecule has 1 rings (SSSR count). The Balaban J connectivity index is 2.61. The molecule has 0 saturated carbocycles. The molecule has 0 bridgehead atoms. The molecule has 0 unspecified atom stereocenters. The first kappa shape index (κ1) is 13.1. The molecule has 1 aromatic rings. The lowest BCUT2D eigenvalue weighted by Crippen LogP contribution is -2.29. The molecule has 0 spiro atoms. The van der Waals surface area contributed by atoms with Gasteiger partial charge < -0.3 is 5.11 Å². The minimum absolute atomic E-state index is 0.163. The van der Waals surface area contributed by atoms with E-state index in [1.807, 2.05) is 18.4 Å². The zero-order valence-corrected chi connectivity index (χ0v) is 10.4. The third-order valence-corrected chi connectivity index (χ3v) is 4.16. The number of carboxylic acids is 1. The van der Waals surface area contributed by atoms with E-state index in [-0.39, 0.29) is 6.54 Å². The lowest BCUT2D eigenvalue weighted by Gasteiger charge is -2.04. The van der Waals surface area contributed by atoms with Gasteiger partial charge in [-0.15, -0.1) is 11.3 Å². The van der Waals surface area contributed by atoms with Crippen molar-refractivity contribution in [3.63, 3.8) is 0 Å². The SMILES string of the molecule is CCc1ccsc1CNS(=O)(=O)CC(=O)O. The van der Waals surface area contributed by atoms with Crippen LogP contribution >= 0.6 is 11.3 Å². The van der Waals surface area contributed by atoms with Crippen molar-refractivity contribution in [2.75, 3.05) is 5.75 Å². The Kier molecular flexibility index (Phi) is 4.45. The quantitative estimate of drug-likeness (QED) is 0.795. The third kappa shape index (κ3) is 3.92. The van der Waals surface area contributed by atoms with E-state index in [1.54, 1.807) is 0 Å². The number of hydrogen-bond acceptors (Lipinski definition) is 4. The number of aliphatic carboxylic acids is 1. The number of nitrogens with one attached hydrogen (secondary N) is 1. The van der Waals surface area contributed by atoms with E-state index in [0.717, 1.165) is 16.9 Å². The zero-order chi connectivity index (χ0) is 12.2. The first-order valence-electron chi connectivity index (χ1n) is 4.69. The van der Waals surface area contributed by atoms with Crippen molar-refractivity contribution in [1.29, 1.82) is 0 Å². The fourth-order valence-corrected chi connectivity index (χ4v) is 3.02. The number of hydrogen-bond donors (Lipinski definition) is 2. The van der Waals surface area contributed by atoms with Gasteiger partial charge in [-0.25, -0.2) is 13.1 Å². The van der Waals surface area contributed by atoms with Gasteiger partial charge in [-0.1, -0.05) is 6.92 Å². The van der Waals surface area contributed by atoms with Crippen LogP contribution in [0.3, 0.4) is 0 Å². The van der Waals surface area contributed by atoms with Crippen LogP contribution in [0.4, 0.5) is 0 Å². The van der Waals surface area contributed by atoms with Gasteiger partial charge in [0.25, 0.3) is 0 Å². The molecule has 16 heavy (non-hydrogen) atoms. The van der Waals surface area contributed by atoms with E-state index in [9.17, 15) is 13.2 Å². The summed E-state index contributed by atoms with van der Waals surface area (Å²) in [6.45, 7) is 2.15. The van der Waals surface area contributed by atoms with Gasteiger partial charge in [-0.3, -0.25) is 4.79 Å². The van der Waals surface area contributed by atoms with E-state index in [0.29, 0.717) is 0 Å². The van der Waals surface area contributed by atoms with Gasteiger partial charge in [0.15, 0.2) is 5.75 Å². The molecule has 0 amide bonds. The highest BCUT2D eigenvalue weighted by molar-refractivity contribution is 7.90. The van der Waals surface area contributed by atoms with Gasteiger partial charge in [0, 0.05) is 11.4 Å². The van der Waals surface area contributed by atoms with Gasteiger partial charge in [0.05, 0.1) is 0 Å². The van der Waals surface area contributed by atoms with Gasteiger partial charge in [-0.2, -0.15) is 0 Å². The molecule has 1 heterocycles. The minimum Gasteiger partial charge on any atom is -0.480 e. The summed E-state index contributed by atoms with van der Waals surface area (Å²) >= 11 is 1.46. The number of carbonyl (C=O) groups is 1. The van der Waals surface area contributed by atoms with E-state index in [2.05, 4.69) is 4.72 Å². The molecule has 90 valence electrons. The van der Waals surface area contributed by atoms with Crippen molar-refractivity contribution in [2.24, 2.45) is 0 Å². The fourth-order valence-electron chi connectivity index (χ4n) is 1.23. The summed E-state index contributed by atoms with van der Waals surface area (Å²) in [4.78, 5) is 11.2. The molecule has 0 atom stereocenters. The Morgan fingerprint density at radius 2 is 2.25 bits per heavy atom. The normalized spacial score (nSPS) is 11.6. The Morgan fingerprint density at radius 3 is 2.81 bits per heavy atom. The maximum atomic E-state index is 11.2. The highest BCUT2D eigenvalue weighted by Gasteiger charge is 2.15. The molecule has 0 aliphatic heterocycles. The number of rotatable bonds is 6. The molecule has 5 nitrogen and oxygen atoms in total. The highest BCUT2D eigenvalue weighted by atomic mass is 32.2. The molecule has 7 heteroatoms. The highest BCUT2D eigenvalue weighted by Crippen LogP contribution is 2.17. The van der Waals surface area contributed by atoms with Crippen molar-refractivity contribution >= 4 is 27.3 Å². The predicted octanol–water partition coefficient (Wildman–Crippen LogP) is 0.815. The number of sulfonamides is 1. The van der Waals surface area contributed by atoms with Crippen LogP contribution in [-0.4, -0.2) is 25.2 Å².